The predicted molar refractivity (Wildman–Crippen MR) is 105 cm³/mol. The van der Waals surface area contributed by atoms with Crippen LogP contribution in [-0.2, 0) is 0 Å². The standard InChI is InChI=1S/C21H34N4/c1-14-18-9-15(12-21(18,2)3)10-19(14)24-20-11-17(5-7-23-20)25-8-6-16(13-25)22-4/h5,7,11,14-16,18-19,22H,6,8-10,12-13H2,1-4H3,(H,23,24)/t14?,15-,16+,18+,19?/m1/s1. The van der Waals surface area contributed by atoms with Crippen molar-refractivity contribution in [1.29, 1.82) is 0 Å². The molecule has 2 unspecified atom stereocenters. The van der Waals surface area contributed by atoms with Gasteiger partial charge in [0.1, 0.15) is 5.82 Å². The summed E-state index contributed by atoms with van der Waals surface area (Å²) < 4.78 is 0. The Morgan fingerprint density at radius 3 is 2.88 bits per heavy atom. The van der Waals surface area contributed by atoms with Gasteiger partial charge in [-0.1, -0.05) is 20.8 Å². The maximum absolute atomic E-state index is 4.63. The van der Waals surface area contributed by atoms with E-state index in [-0.39, 0.29) is 0 Å². The number of nitrogens with zero attached hydrogens (tertiary/aromatic N) is 2. The van der Waals surface area contributed by atoms with Crippen LogP contribution in [0.1, 0.15) is 46.5 Å². The average molecular weight is 343 g/mol. The number of hydrogen-bond acceptors (Lipinski definition) is 4. The molecule has 2 aliphatic carbocycles. The fourth-order valence-electron chi connectivity index (χ4n) is 5.92. The SMILES string of the molecule is CN[C@H]1CCN(c2ccnc(NC3C[C@H]4C[C@@H](C3C)C(C)(C)C4)c2)C1. The molecule has 1 aromatic heterocycles. The minimum absolute atomic E-state index is 0.507. The summed E-state index contributed by atoms with van der Waals surface area (Å²) in [6, 6.07) is 5.59. The van der Waals surface area contributed by atoms with E-state index in [1.807, 2.05) is 6.20 Å². The van der Waals surface area contributed by atoms with Gasteiger partial charge >= 0.3 is 0 Å². The molecule has 0 amide bonds. The first-order chi connectivity index (χ1) is 12.0. The van der Waals surface area contributed by atoms with Crippen molar-refractivity contribution in [2.45, 2.75) is 58.5 Å². The average Bonchev–Trinajstić information content (AvgIpc) is 3.15. The largest absolute Gasteiger partial charge is 0.370 e. The fraction of sp³-hybridized carbons (Fsp3) is 0.762. The Kier molecular flexibility index (Phi) is 4.43. The molecule has 0 radical (unpaired) electrons. The van der Waals surface area contributed by atoms with Gasteiger partial charge in [-0.3, -0.25) is 0 Å². The van der Waals surface area contributed by atoms with Crippen molar-refractivity contribution in [3.05, 3.63) is 18.3 Å². The number of likely N-dealkylation sites (N-methyl/N-ethyl adjacent to an activating group) is 1. The number of aromatic nitrogens is 1. The van der Waals surface area contributed by atoms with Crippen LogP contribution in [-0.4, -0.2) is 37.2 Å². The predicted octanol–water partition coefficient (Wildman–Crippen LogP) is 3.75. The van der Waals surface area contributed by atoms with Crippen molar-refractivity contribution in [3.8, 4) is 0 Å². The third-order valence-electron chi connectivity index (χ3n) is 7.30. The first-order valence-corrected chi connectivity index (χ1v) is 10.1. The third-order valence-corrected chi connectivity index (χ3v) is 7.30. The summed E-state index contributed by atoms with van der Waals surface area (Å²) in [6.07, 6.45) is 7.32. The van der Waals surface area contributed by atoms with Gasteiger partial charge in [0, 0.05) is 43.1 Å². The third kappa shape index (κ3) is 3.25. The highest BCUT2D eigenvalue weighted by Gasteiger charge is 2.49. The van der Waals surface area contributed by atoms with Crippen LogP contribution in [0.2, 0.25) is 0 Å². The molecule has 4 nitrogen and oxygen atoms in total. The maximum Gasteiger partial charge on any atom is 0.128 e. The van der Waals surface area contributed by atoms with Crippen molar-refractivity contribution in [2.24, 2.45) is 23.2 Å². The number of rotatable bonds is 4. The second-order valence-electron chi connectivity index (χ2n) is 9.37. The second-order valence-corrected chi connectivity index (χ2v) is 9.37. The molecule has 2 saturated carbocycles. The van der Waals surface area contributed by atoms with Gasteiger partial charge in [0.05, 0.1) is 0 Å². The highest BCUT2D eigenvalue weighted by molar-refractivity contribution is 5.55. The van der Waals surface area contributed by atoms with Crippen molar-refractivity contribution >= 4 is 11.5 Å². The van der Waals surface area contributed by atoms with Gasteiger partial charge in [0.15, 0.2) is 0 Å². The molecule has 3 aliphatic rings. The lowest BCUT2D eigenvalue weighted by Crippen LogP contribution is -2.39. The Morgan fingerprint density at radius 1 is 1.28 bits per heavy atom. The van der Waals surface area contributed by atoms with Crippen molar-refractivity contribution in [2.75, 3.05) is 30.4 Å². The van der Waals surface area contributed by atoms with E-state index in [4.69, 9.17) is 0 Å². The summed E-state index contributed by atoms with van der Waals surface area (Å²) >= 11 is 0. The molecule has 3 fully saturated rings. The van der Waals surface area contributed by atoms with Gasteiger partial charge < -0.3 is 15.5 Å². The van der Waals surface area contributed by atoms with E-state index in [1.165, 1.54) is 31.4 Å². The first kappa shape index (κ1) is 17.1. The van der Waals surface area contributed by atoms with E-state index in [1.54, 1.807) is 0 Å². The number of fused-ring (bicyclic) bond motifs is 2. The monoisotopic (exact) mass is 342 g/mol. The van der Waals surface area contributed by atoms with Crippen LogP contribution in [0.5, 0.6) is 0 Å². The lowest BCUT2D eigenvalue weighted by Gasteiger charge is -2.39. The molecule has 0 spiro atoms. The van der Waals surface area contributed by atoms with Gasteiger partial charge in [-0.05, 0) is 62.0 Å². The minimum atomic E-state index is 0.507. The van der Waals surface area contributed by atoms with Crippen LogP contribution in [0.15, 0.2) is 18.3 Å². The smallest absolute Gasteiger partial charge is 0.128 e. The molecule has 0 aromatic carbocycles. The van der Waals surface area contributed by atoms with E-state index in [0.29, 0.717) is 17.5 Å². The summed E-state index contributed by atoms with van der Waals surface area (Å²) in [6.45, 7) is 9.63. The van der Waals surface area contributed by atoms with Crippen molar-refractivity contribution in [3.63, 3.8) is 0 Å². The molecule has 5 atom stereocenters. The number of anilines is 2. The Bertz CT molecular complexity index is 614. The molecule has 1 saturated heterocycles. The summed E-state index contributed by atoms with van der Waals surface area (Å²) in [5, 5.41) is 7.21. The zero-order valence-electron chi connectivity index (χ0n) is 16.3. The zero-order valence-corrected chi connectivity index (χ0v) is 16.3. The van der Waals surface area contributed by atoms with Crippen LogP contribution in [0.25, 0.3) is 0 Å². The lowest BCUT2D eigenvalue weighted by molar-refractivity contribution is 0.162. The molecule has 2 heterocycles. The number of pyridine rings is 1. The maximum atomic E-state index is 4.63. The van der Waals surface area contributed by atoms with E-state index in [0.717, 1.165) is 36.7 Å². The van der Waals surface area contributed by atoms with Crippen molar-refractivity contribution in [1.82, 2.24) is 10.3 Å². The molecule has 1 aliphatic heterocycles. The molecular weight excluding hydrogens is 308 g/mol. The van der Waals surface area contributed by atoms with Crippen LogP contribution in [0.3, 0.4) is 0 Å². The molecular formula is C21H34N4. The van der Waals surface area contributed by atoms with Gasteiger partial charge in [-0.15, -0.1) is 0 Å². The van der Waals surface area contributed by atoms with Gasteiger partial charge in [-0.25, -0.2) is 4.98 Å². The summed E-state index contributed by atoms with van der Waals surface area (Å²) in [4.78, 5) is 7.11. The Balaban J connectivity index is 1.46. The Labute approximate surface area is 152 Å². The lowest BCUT2D eigenvalue weighted by atomic mass is 9.71. The number of nitrogens with one attached hydrogen (secondary N) is 2. The minimum Gasteiger partial charge on any atom is -0.370 e. The van der Waals surface area contributed by atoms with E-state index in [9.17, 15) is 0 Å². The van der Waals surface area contributed by atoms with Gasteiger partial charge in [0.25, 0.3) is 0 Å². The van der Waals surface area contributed by atoms with E-state index in [2.05, 4.69) is 60.5 Å². The van der Waals surface area contributed by atoms with E-state index >= 15 is 0 Å². The van der Waals surface area contributed by atoms with E-state index < -0.39 is 0 Å². The fourth-order valence-corrected chi connectivity index (χ4v) is 5.92. The molecule has 4 rings (SSSR count). The van der Waals surface area contributed by atoms with Crippen LogP contribution < -0.4 is 15.5 Å². The second kappa shape index (κ2) is 6.46. The van der Waals surface area contributed by atoms with Gasteiger partial charge in [-0.2, -0.15) is 0 Å². The summed E-state index contributed by atoms with van der Waals surface area (Å²) in [5.41, 5.74) is 1.81. The Hall–Kier alpha value is -1.29. The molecule has 1 aromatic rings. The molecule has 138 valence electrons. The molecule has 25 heavy (non-hydrogen) atoms. The topological polar surface area (TPSA) is 40.2 Å². The summed E-state index contributed by atoms with van der Waals surface area (Å²) in [5.74, 6) is 3.52. The highest BCUT2D eigenvalue weighted by atomic mass is 15.2. The van der Waals surface area contributed by atoms with Crippen LogP contribution in [0.4, 0.5) is 11.5 Å². The van der Waals surface area contributed by atoms with Crippen LogP contribution in [0, 0.1) is 23.2 Å². The number of hydrogen-bond donors (Lipinski definition) is 2. The molecule has 4 heteroatoms. The van der Waals surface area contributed by atoms with Gasteiger partial charge in [0.2, 0.25) is 0 Å². The Morgan fingerprint density at radius 2 is 2.12 bits per heavy atom. The van der Waals surface area contributed by atoms with Crippen LogP contribution >= 0.6 is 0 Å². The van der Waals surface area contributed by atoms with Crippen molar-refractivity contribution < 1.29 is 0 Å². The first-order valence-electron chi connectivity index (χ1n) is 10.1. The summed E-state index contributed by atoms with van der Waals surface area (Å²) in [7, 11) is 2.06. The molecule has 2 N–H and O–H groups in total. The highest BCUT2D eigenvalue weighted by Crippen LogP contribution is 2.55. The normalized spacial score (nSPS) is 36.6. The quantitative estimate of drug-likeness (QED) is 0.874. The zero-order chi connectivity index (χ0) is 17.6. The molecule has 2 bridgehead atoms.